The number of hydrogen-bond donors (Lipinski definition) is 2. The third kappa shape index (κ3) is 5.20. The van der Waals surface area contributed by atoms with Gasteiger partial charge in [-0.2, -0.15) is 0 Å². The molecule has 5 nitrogen and oxygen atoms in total. The summed E-state index contributed by atoms with van der Waals surface area (Å²) in [6.45, 7) is 6.90. The minimum atomic E-state index is 0.729. The Kier molecular flexibility index (Phi) is 5.91. The molecule has 5 heteroatoms. The fourth-order valence-electron chi connectivity index (χ4n) is 2.85. The molecule has 1 aromatic heterocycles. The molecule has 3 aromatic rings. The number of aryl methyl sites for hydroxylation is 3. The Balaban J connectivity index is 1.64. The van der Waals surface area contributed by atoms with Crippen molar-refractivity contribution in [2.24, 2.45) is 0 Å². The molecule has 1 heterocycles. The maximum absolute atomic E-state index is 5.27. The van der Waals surface area contributed by atoms with Crippen molar-refractivity contribution in [2.45, 2.75) is 27.2 Å². The van der Waals surface area contributed by atoms with E-state index in [2.05, 4.69) is 64.8 Å². The summed E-state index contributed by atoms with van der Waals surface area (Å²) in [6, 6.07) is 16.4. The fourth-order valence-corrected chi connectivity index (χ4v) is 2.85. The van der Waals surface area contributed by atoms with Gasteiger partial charge in [0.1, 0.15) is 23.2 Å². The lowest BCUT2D eigenvalue weighted by atomic mass is 10.1. The topological polar surface area (TPSA) is 59.1 Å². The van der Waals surface area contributed by atoms with Crippen molar-refractivity contribution >= 4 is 17.3 Å². The van der Waals surface area contributed by atoms with Gasteiger partial charge in [0.25, 0.3) is 0 Å². The standard InChI is InChI=1S/C22H26N4O/c1-15-8-9-19(12-16(15)2)26-22-14-21(24-17(3)25-22)23-11-10-18-6-5-7-20(13-18)27-4/h5-9,12-14H,10-11H2,1-4H3,(H2,23,24,25,26). The van der Waals surface area contributed by atoms with E-state index in [4.69, 9.17) is 4.74 Å². The molecular formula is C22H26N4O. The smallest absolute Gasteiger partial charge is 0.136 e. The van der Waals surface area contributed by atoms with Crippen LogP contribution in [0.3, 0.4) is 0 Å². The van der Waals surface area contributed by atoms with E-state index in [9.17, 15) is 0 Å². The maximum atomic E-state index is 5.27. The summed E-state index contributed by atoms with van der Waals surface area (Å²) in [4.78, 5) is 8.98. The third-order valence-corrected chi connectivity index (χ3v) is 4.47. The number of nitrogens with zero attached hydrogens (tertiary/aromatic N) is 2. The van der Waals surface area contributed by atoms with E-state index in [1.807, 2.05) is 25.1 Å². The minimum Gasteiger partial charge on any atom is -0.497 e. The van der Waals surface area contributed by atoms with Crippen LogP contribution in [0.15, 0.2) is 48.5 Å². The minimum absolute atomic E-state index is 0.729. The first kappa shape index (κ1) is 18.7. The summed E-state index contributed by atoms with van der Waals surface area (Å²) < 4.78 is 5.27. The van der Waals surface area contributed by atoms with E-state index in [1.54, 1.807) is 7.11 Å². The molecule has 2 aromatic carbocycles. The van der Waals surface area contributed by atoms with Gasteiger partial charge in [0.2, 0.25) is 0 Å². The predicted octanol–water partition coefficient (Wildman–Crippen LogP) is 4.81. The van der Waals surface area contributed by atoms with Gasteiger partial charge in [-0.3, -0.25) is 0 Å². The van der Waals surface area contributed by atoms with Gasteiger partial charge in [0.05, 0.1) is 7.11 Å². The summed E-state index contributed by atoms with van der Waals surface area (Å²) in [5, 5.41) is 6.75. The van der Waals surface area contributed by atoms with Crippen LogP contribution in [0.1, 0.15) is 22.5 Å². The molecule has 0 amide bonds. The van der Waals surface area contributed by atoms with Crippen molar-refractivity contribution in [2.75, 3.05) is 24.3 Å². The average molecular weight is 362 g/mol. The summed E-state index contributed by atoms with van der Waals surface area (Å²) in [5.41, 5.74) is 4.78. The lowest BCUT2D eigenvalue weighted by Crippen LogP contribution is -2.08. The zero-order valence-electron chi connectivity index (χ0n) is 16.3. The van der Waals surface area contributed by atoms with Crippen LogP contribution < -0.4 is 15.4 Å². The second-order valence-electron chi connectivity index (χ2n) is 6.64. The number of methoxy groups -OCH3 is 1. The largest absolute Gasteiger partial charge is 0.497 e. The SMILES string of the molecule is COc1cccc(CCNc2cc(Nc3ccc(C)c(C)c3)nc(C)n2)c1. The molecule has 3 rings (SSSR count). The first-order valence-corrected chi connectivity index (χ1v) is 9.10. The lowest BCUT2D eigenvalue weighted by molar-refractivity contribution is 0.414. The van der Waals surface area contributed by atoms with Crippen LogP contribution in [-0.2, 0) is 6.42 Å². The molecule has 0 saturated carbocycles. The normalized spacial score (nSPS) is 10.5. The average Bonchev–Trinajstić information content (AvgIpc) is 2.64. The van der Waals surface area contributed by atoms with Crippen LogP contribution >= 0.6 is 0 Å². The molecule has 0 saturated heterocycles. The first-order chi connectivity index (χ1) is 13.0. The van der Waals surface area contributed by atoms with Gasteiger partial charge in [0, 0.05) is 18.3 Å². The molecule has 0 atom stereocenters. The second kappa shape index (κ2) is 8.54. The molecule has 0 aliphatic rings. The number of anilines is 3. The van der Waals surface area contributed by atoms with Gasteiger partial charge >= 0.3 is 0 Å². The van der Waals surface area contributed by atoms with Crippen molar-refractivity contribution in [3.63, 3.8) is 0 Å². The van der Waals surface area contributed by atoms with E-state index >= 15 is 0 Å². The van der Waals surface area contributed by atoms with Crippen molar-refractivity contribution < 1.29 is 4.74 Å². The Hall–Kier alpha value is -3.08. The monoisotopic (exact) mass is 362 g/mol. The van der Waals surface area contributed by atoms with E-state index in [0.29, 0.717) is 0 Å². The molecular weight excluding hydrogens is 336 g/mol. The van der Waals surface area contributed by atoms with Crippen LogP contribution in [0.25, 0.3) is 0 Å². The van der Waals surface area contributed by atoms with Gasteiger partial charge in [-0.1, -0.05) is 18.2 Å². The van der Waals surface area contributed by atoms with Crippen LogP contribution in [0.5, 0.6) is 5.75 Å². The van der Waals surface area contributed by atoms with Crippen molar-refractivity contribution in [1.82, 2.24) is 9.97 Å². The molecule has 0 radical (unpaired) electrons. The Morgan fingerprint density at radius 2 is 1.70 bits per heavy atom. The first-order valence-electron chi connectivity index (χ1n) is 9.10. The van der Waals surface area contributed by atoms with Crippen LogP contribution in [0.2, 0.25) is 0 Å². The Labute approximate surface area is 160 Å². The Morgan fingerprint density at radius 1 is 0.889 bits per heavy atom. The Bertz CT molecular complexity index is 924. The highest BCUT2D eigenvalue weighted by Gasteiger charge is 2.04. The molecule has 27 heavy (non-hydrogen) atoms. The zero-order chi connectivity index (χ0) is 19.2. The number of benzene rings is 2. The van der Waals surface area contributed by atoms with Crippen molar-refractivity contribution in [3.05, 3.63) is 71.0 Å². The lowest BCUT2D eigenvalue weighted by Gasteiger charge is -2.11. The van der Waals surface area contributed by atoms with Gasteiger partial charge < -0.3 is 15.4 Å². The summed E-state index contributed by atoms with van der Waals surface area (Å²) in [5.74, 6) is 3.21. The highest BCUT2D eigenvalue weighted by molar-refractivity contribution is 5.60. The number of rotatable bonds is 7. The highest BCUT2D eigenvalue weighted by Crippen LogP contribution is 2.20. The number of ether oxygens (including phenoxy) is 1. The molecule has 0 fully saturated rings. The number of aromatic nitrogens is 2. The van der Waals surface area contributed by atoms with Crippen LogP contribution in [0.4, 0.5) is 17.3 Å². The molecule has 0 bridgehead atoms. The van der Waals surface area contributed by atoms with Gasteiger partial charge in [0.15, 0.2) is 0 Å². The third-order valence-electron chi connectivity index (χ3n) is 4.47. The quantitative estimate of drug-likeness (QED) is 0.632. The van der Waals surface area contributed by atoms with E-state index in [0.717, 1.165) is 41.9 Å². The molecule has 0 aliphatic carbocycles. The second-order valence-corrected chi connectivity index (χ2v) is 6.64. The predicted molar refractivity (Wildman–Crippen MR) is 111 cm³/mol. The zero-order valence-corrected chi connectivity index (χ0v) is 16.3. The van der Waals surface area contributed by atoms with Crippen LogP contribution in [-0.4, -0.2) is 23.6 Å². The van der Waals surface area contributed by atoms with E-state index in [1.165, 1.54) is 16.7 Å². The van der Waals surface area contributed by atoms with Crippen molar-refractivity contribution in [1.29, 1.82) is 0 Å². The van der Waals surface area contributed by atoms with E-state index < -0.39 is 0 Å². The van der Waals surface area contributed by atoms with E-state index in [-0.39, 0.29) is 0 Å². The van der Waals surface area contributed by atoms with Crippen LogP contribution in [0, 0.1) is 20.8 Å². The summed E-state index contributed by atoms with van der Waals surface area (Å²) in [7, 11) is 1.69. The van der Waals surface area contributed by atoms with Gasteiger partial charge in [-0.15, -0.1) is 0 Å². The molecule has 2 N–H and O–H groups in total. The Morgan fingerprint density at radius 3 is 2.48 bits per heavy atom. The molecule has 0 aliphatic heterocycles. The summed E-state index contributed by atoms with van der Waals surface area (Å²) >= 11 is 0. The molecule has 0 spiro atoms. The van der Waals surface area contributed by atoms with Gasteiger partial charge in [-0.25, -0.2) is 9.97 Å². The number of hydrogen-bond acceptors (Lipinski definition) is 5. The highest BCUT2D eigenvalue weighted by atomic mass is 16.5. The maximum Gasteiger partial charge on any atom is 0.136 e. The van der Waals surface area contributed by atoms with Crippen molar-refractivity contribution in [3.8, 4) is 5.75 Å². The van der Waals surface area contributed by atoms with Gasteiger partial charge in [-0.05, 0) is 68.1 Å². The molecule has 140 valence electrons. The number of nitrogens with one attached hydrogen (secondary N) is 2. The summed E-state index contributed by atoms with van der Waals surface area (Å²) in [6.07, 6.45) is 0.889. The fraction of sp³-hybridized carbons (Fsp3) is 0.273. The molecule has 0 unspecified atom stereocenters.